The lowest BCUT2D eigenvalue weighted by molar-refractivity contribution is 0.671. The minimum absolute atomic E-state index is 0.352. The average molecular weight is 276 g/mol. The first-order chi connectivity index (χ1) is 8.53. The Kier molecular flexibility index (Phi) is 3.90. The van der Waals surface area contributed by atoms with Crippen molar-refractivity contribution in [1.82, 2.24) is 0 Å². The molecule has 94 valence electrons. The summed E-state index contributed by atoms with van der Waals surface area (Å²) in [6.45, 7) is 0. The SMILES string of the molecule is Nc1ccccc1C(S)(S)C(N)c1ccccc1. The molecule has 0 aliphatic rings. The van der Waals surface area contributed by atoms with Crippen molar-refractivity contribution in [1.29, 1.82) is 0 Å². The highest BCUT2D eigenvalue weighted by Crippen LogP contribution is 2.44. The van der Waals surface area contributed by atoms with Crippen LogP contribution in [0.3, 0.4) is 0 Å². The van der Waals surface area contributed by atoms with Crippen LogP contribution < -0.4 is 11.5 Å². The number of benzene rings is 2. The molecule has 0 heterocycles. The van der Waals surface area contributed by atoms with Gasteiger partial charge in [-0.2, -0.15) is 25.3 Å². The van der Waals surface area contributed by atoms with Crippen LogP contribution in [-0.4, -0.2) is 0 Å². The first kappa shape index (κ1) is 13.3. The lowest BCUT2D eigenvalue weighted by atomic mass is 9.97. The van der Waals surface area contributed by atoms with Crippen molar-refractivity contribution in [2.24, 2.45) is 5.73 Å². The molecule has 2 rings (SSSR count). The van der Waals surface area contributed by atoms with E-state index in [-0.39, 0.29) is 6.04 Å². The predicted octanol–water partition coefficient (Wildman–Crippen LogP) is 2.98. The third-order valence-corrected chi connectivity index (χ3v) is 3.99. The van der Waals surface area contributed by atoms with Gasteiger partial charge in [-0.1, -0.05) is 48.5 Å². The Morgan fingerprint density at radius 3 is 2.06 bits per heavy atom. The molecule has 1 unspecified atom stereocenters. The summed E-state index contributed by atoms with van der Waals surface area (Å²) in [7, 11) is 0. The van der Waals surface area contributed by atoms with Crippen molar-refractivity contribution < 1.29 is 0 Å². The van der Waals surface area contributed by atoms with Gasteiger partial charge >= 0.3 is 0 Å². The van der Waals surface area contributed by atoms with Gasteiger partial charge in [0.1, 0.15) is 4.08 Å². The van der Waals surface area contributed by atoms with Gasteiger partial charge in [0, 0.05) is 11.3 Å². The summed E-state index contributed by atoms with van der Waals surface area (Å²) in [4.78, 5) is 0. The Morgan fingerprint density at radius 2 is 1.44 bits per heavy atom. The molecule has 2 aromatic rings. The molecule has 0 aromatic heterocycles. The van der Waals surface area contributed by atoms with Crippen molar-refractivity contribution in [2.75, 3.05) is 5.73 Å². The Labute approximate surface area is 118 Å². The normalized spacial score (nSPS) is 13.3. The topological polar surface area (TPSA) is 52.0 Å². The number of thiol groups is 2. The Morgan fingerprint density at radius 1 is 0.889 bits per heavy atom. The molecule has 0 bridgehead atoms. The Hall–Kier alpha value is -1.10. The van der Waals surface area contributed by atoms with Gasteiger partial charge in [0.05, 0.1) is 6.04 Å². The zero-order valence-corrected chi connectivity index (χ0v) is 11.6. The van der Waals surface area contributed by atoms with Crippen LogP contribution in [0.1, 0.15) is 17.2 Å². The monoisotopic (exact) mass is 276 g/mol. The highest BCUT2D eigenvalue weighted by Gasteiger charge is 2.33. The van der Waals surface area contributed by atoms with Gasteiger partial charge < -0.3 is 11.5 Å². The van der Waals surface area contributed by atoms with E-state index in [0.717, 1.165) is 11.1 Å². The molecular formula is C14H16N2S2. The minimum Gasteiger partial charge on any atom is -0.398 e. The second-order valence-electron chi connectivity index (χ2n) is 4.20. The molecule has 0 fully saturated rings. The van der Waals surface area contributed by atoms with E-state index >= 15 is 0 Å². The number of rotatable bonds is 3. The smallest absolute Gasteiger partial charge is 0.102 e. The molecule has 0 saturated carbocycles. The molecule has 0 aliphatic carbocycles. The Balaban J connectivity index is 2.40. The molecule has 18 heavy (non-hydrogen) atoms. The van der Waals surface area contributed by atoms with Crippen LogP contribution in [0.25, 0.3) is 0 Å². The zero-order chi connectivity index (χ0) is 13.2. The van der Waals surface area contributed by atoms with Crippen LogP contribution in [0, 0.1) is 0 Å². The molecule has 2 nitrogen and oxygen atoms in total. The van der Waals surface area contributed by atoms with E-state index in [1.807, 2.05) is 54.6 Å². The first-order valence-corrected chi connectivity index (χ1v) is 6.53. The van der Waals surface area contributed by atoms with Crippen LogP contribution in [-0.2, 0) is 4.08 Å². The van der Waals surface area contributed by atoms with Crippen molar-refractivity contribution in [2.45, 2.75) is 10.1 Å². The number of hydrogen-bond donors (Lipinski definition) is 4. The standard InChI is InChI=1S/C14H16N2S2/c15-12-9-5-4-8-11(12)14(17,18)13(16)10-6-2-1-3-7-10/h1-9,13,17-18H,15-16H2. The highest BCUT2D eigenvalue weighted by atomic mass is 32.2. The maximum atomic E-state index is 6.27. The average Bonchev–Trinajstić information content (AvgIpc) is 2.39. The summed E-state index contributed by atoms with van der Waals surface area (Å²) in [6.07, 6.45) is 0. The predicted molar refractivity (Wildman–Crippen MR) is 83.9 cm³/mol. The second-order valence-corrected chi connectivity index (χ2v) is 5.97. The van der Waals surface area contributed by atoms with Gasteiger partial charge in [0.15, 0.2) is 0 Å². The summed E-state index contributed by atoms with van der Waals surface area (Å²) in [6, 6.07) is 16.9. The number of para-hydroxylation sites is 1. The van der Waals surface area contributed by atoms with Crippen LogP contribution >= 0.6 is 25.3 Å². The fourth-order valence-electron chi connectivity index (χ4n) is 1.89. The number of anilines is 1. The van der Waals surface area contributed by atoms with Crippen LogP contribution in [0.4, 0.5) is 5.69 Å². The van der Waals surface area contributed by atoms with Gasteiger partial charge in [0.25, 0.3) is 0 Å². The van der Waals surface area contributed by atoms with E-state index in [1.165, 1.54) is 0 Å². The fourth-order valence-corrected chi connectivity index (χ4v) is 2.60. The summed E-state index contributed by atoms with van der Waals surface area (Å²) >= 11 is 9.22. The van der Waals surface area contributed by atoms with E-state index in [0.29, 0.717) is 5.69 Å². The number of nitrogens with two attached hydrogens (primary N) is 2. The molecule has 1 atom stereocenters. The van der Waals surface area contributed by atoms with E-state index < -0.39 is 4.08 Å². The van der Waals surface area contributed by atoms with E-state index in [4.69, 9.17) is 11.5 Å². The zero-order valence-electron chi connectivity index (χ0n) is 9.82. The molecule has 0 saturated heterocycles. The minimum atomic E-state index is -0.813. The summed E-state index contributed by atoms with van der Waals surface area (Å²) in [5.41, 5.74) is 14.7. The molecular weight excluding hydrogens is 260 g/mol. The van der Waals surface area contributed by atoms with Gasteiger partial charge in [0.2, 0.25) is 0 Å². The molecule has 0 amide bonds. The second kappa shape index (κ2) is 5.26. The van der Waals surface area contributed by atoms with Crippen LogP contribution in [0.5, 0.6) is 0 Å². The maximum Gasteiger partial charge on any atom is 0.102 e. The lowest BCUT2D eigenvalue weighted by Crippen LogP contribution is -2.29. The quantitative estimate of drug-likeness (QED) is 0.396. The van der Waals surface area contributed by atoms with E-state index in [2.05, 4.69) is 25.3 Å². The summed E-state index contributed by atoms with van der Waals surface area (Å²) < 4.78 is -0.813. The maximum absolute atomic E-state index is 6.27. The fraction of sp³-hybridized carbons (Fsp3) is 0.143. The van der Waals surface area contributed by atoms with Crippen molar-refractivity contribution >= 4 is 30.9 Å². The largest absolute Gasteiger partial charge is 0.398 e. The van der Waals surface area contributed by atoms with Crippen molar-refractivity contribution in [3.8, 4) is 0 Å². The number of nitrogen functional groups attached to an aromatic ring is 1. The van der Waals surface area contributed by atoms with Gasteiger partial charge in [-0.3, -0.25) is 0 Å². The number of hydrogen-bond acceptors (Lipinski definition) is 4. The lowest BCUT2D eigenvalue weighted by Gasteiger charge is -2.31. The first-order valence-electron chi connectivity index (χ1n) is 5.63. The van der Waals surface area contributed by atoms with E-state index in [9.17, 15) is 0 Å². The van der Waals surface area contributed by atoms with E-state index in [1.54, 1.807) is 0 Å². The molecule has 4 heteroatoms. The van der Waals surface area contributed by atoms with Crippen LogP contribution in [0.2, 0.25) is 0 Å². The van der Waals surface area contributed by atoms with Crippen molar-refractivity contribution in [3.63, 3.8) is 0 Å². The molecule has 0 spiro atoms. The molecule has 0 aliphatic heterocycles. The summed E-state index contributed by atoms with van der Waals surface area (Å²) in [5.74, 6) is 0. The molecule has 0 radical (unpaired) electrons. The van der Waals surface area contributed by atoms with Crippen molar-refractivity contribution in [3.05, 3.63) is 65.7 Å². The van der Waals surface area contributed by atoms with Gasteiger partial charge in [-0.25, -0.2) is 0 Å². The third-order valence-electron chi connectivity index (χ3n) is 2.95. The van der Waals surface area contributed by atoms with Gasteiger partial charge in [-0.15, -0.1) is 0 Å². The van der Waals surface area contributed by atoms with Gasteiger partial charge in [-0.05, 0) is 11.6 Å². The summed E-state index contributed by atoms with van der Waals surface area (Å²) in [5, 5.41) is 0. The molecule has 2 aromatic carbocycles. The van der Waals surface area contributed by atoms with Crippen LogP contribution in [0.15, 0.2) is 54.6 Å². The third kappa shape index (κ3) is 2.51. The Bertz CT molecular complexity index is 526. The highest BCUT2D eigenvalue weighted by molar-refractivity contribution is 7.99. The molecule has 4 N–H and O–H groups in total.